The van der Waals surface area contributed by atoms with Crippen LogP contribution in [0.3, 0.4) is 0 Å². The Morgan fingerprint density at radius 1 is 1.50 bits per heavy atom. The molecule has 2 heteroatoms. The fraction of sp³-hybridized carbons (Fsp3) is 0.750. The first kappa shape index (κ1) is 6.38. The molecule has 1 aliphatic carbocycles. The molecular weight excluding hydrogens is 126 g/mol. The van der Waals surface area contributed by atoms with Gasteiger partial charge in [0.05, 0.1) is 12.7 Å². The Labute approximate surface area is 61.0 Å². The minimum atomic E-state index is 0.410. The van der Waals surface area contributed by atoms with E-state index in [9.17, 15) is 0 Å². The summed E-state index contributed by atoms with van der Waals surface area (Å²) in [5.74, 6) is 1.29. The second kappa shape index (κ2) is 2.36. The van der Waals surface area contributed by atoms with E-state index in [1.807, 2.05) is 0 Å². The molecule has 0 saturated carbocycles. The topological polar surface area (TPSA) is 35.2 Å². The molecule has 0 aromatic rings. The van der Waals surface area contributed by atoms with Gasteiger partial charge in [-0.25, -0.2) is 0 Å². The predicted octanol–water partition coefficient (Wildman–Crippen LogP) is 0.536. The molecule has 2 nitrogen and oxygen atoms in total. The molecule has 0 spiro atoms. The van der Waals surface area contributed by atoms with Crippen molar-refractivity contribution >= 4 is 0 Å². The normalized spacial score (nSPS) is 44.3. The molecule has 2 rings (SSSR count). The highest BCUT2D eigenvalue weighted by molar-refractivity contribution is 5.05. The zero-order valence-electron chi connectivity index (χ0n) is 5.99. The van der Waals surface area contributed by atoms with Crippen molar-refractivity contribution in [3.63, 3.8) is 0 Å². The molecule has 1 aliphatic heterocycles. The largest absolute Gasteiger partial charge is 0.374 e. The van der Waals surface area contributed by atoms with Gasteiger partial charge in [-0.05, 0) is 24.8 Å². The minimum Gasteiger partial charge on any atom is -0.374 e. The molecule has 1 fully saturated rings. The number of fused-ring (bicyclic) bond motifs is 2. The zero-order chi connectivity index (χ0) is 6.97. The van der Waals surface area contributed by atoms with Crippen molar-refractivity contribution in [1.29, 1.82) is 0 Å². The van der Waals surface area contributed by atoms with Crippen molar-refractivity contribution in [2.45, 2.75) is 12.5 Å². The van der Waals surface area contributed by atoms with Crippen LogP contribution in [0.2, 0.25) is 0 Å². The van der Waals surface area contributed by atoms with Crippen LogP contribution in [0, 0.1) is 11.8 Å². The van der Waals surface area contributed by atoms with Crippen LogP contribution in [0.1, 0.15) is 6.42 Å². The summed E-state index contributed by atoms with van der Waals surface area (Å²) in [5, 5.41) is 0. The quantitative estimate of drug-likeness (QED) is 0.538. The Kier molecular flexibility index (Phi) is 1.51. The molecule has 56 valence electrons. The second-order valence-corrected chi connectivity index (χ2v) is 3.15. The van der Waals surface area contributed by atoms with Crippen LogP contribution in [0.4, 0.5) is 0 Å². The number of ether oxygens (including phenoxy) is 1. The Balaban J connectivity index is 2.11. The average Bonchev–Trinajstić information content (AvgIpc) is 2.34. The van der Waals surface area contributed by atoms with E-state index in [1.54, 1.807) is 0 Å². The lowest BCUT2D eigenvalue weighted by molar-refractivity contribution is 0.140. The smallest absolute Gasteiger partial charge is 0.0759 e. The molecule has 0 unspecified atom stereocenters. The third kappa shape index (κ3) is 0.879. The predicted molar refractivity (Wildman–Crippen MR) is 39.5 cm³/mol. The lowest BCUT2D eigenvalue weighted by atomic mass is 9.86. The molecule has 3 atom stereocenters. The van der Waals surface area contributed by atoms with Crippen LogP contribution in [0.15, 0.2) is 12.2 Å². The first-order valence-electron chi connectivity index (χ1n) is 3.90. The van der Waals surface area contributed by atoms with E-state index >= 15 is 0 Å². The van der Waals surface area contributed by atoms with E-state index in [-0.39, 0.29) is 0 Å². The molecule has 0 aromatic heterocycles. The summed E-state index contributed by atoms with van der Waals surface area (Å²) in [6.07, 6.45) is 5.97. The van der Waals surface area contributed by atoms with Gasteiger partial charge in [-0.1, -0.05) is 12.2 Å². The lowest BCUT2D eigenvalue weighted by Crippen LogP contribution is -2.24. The first-order chi connectivity index (χ1) is 4.90. The Morgan fingerprint density at radius 3 is 3.20 bits per heavy atom. The standard InChI is InChI=1S/C8H13NO/c9-4-6-1-2-8-3-7(6)5-10-8/h1-2,6-8H,3-5,9H2/t6-,7+,8-/m0/s1. The van der Waals surface area contributed by atoms with Gasteiger partial charge in [-0.3, -0.25) is 0 Å². The summed E-state index contributed by atoms with van der Waals surface area (Å²) >= 11 is 0. The van der Waals surface area contributed by atoms with Crippen molar-refractivity contribution in [2.75, 3.05) is 13.2 Å². The molecule has 0 amide bonds. The highest BCUT2D eigenvalue weighted by Gasteiger charge is 2.31. The molecule has 10 heavy (non-hydrogen) atoms. The molecular formula is C8H13NO. The summed E-state index contributed by atoms with van der Waals surface area (Å²) in [6.45, 7) is 1.69. The Bertz CT molecular complexity index is 155. The molecule has 1 saturated heterocycles. The van der Waals surface area contributed by atoms with Gasteiger partial charge in [0.25, 0.3) is 0 Å². The van der Waals surface area contributed by atoms with Crippen LogP contribution >= 0.6 is 0 Å². The summed E-state index contributed by atoms with van der Waals surface area (Å²) < 4.78 is 5.47. The first-order valence-corrected chi connectivity index (χ1v) is 3.90. The molecule has 2 N–H and O–H groups in total. The van der Waals surface area contributed by atoms with Crippen molar-refractivity contribution in [2.24, 2.45) is 17.6 Å². The third-order valence-corrected chi connectivity index (χ3v) is 2.51. The van der Waals surface area contributed by atoms with Gasteiger partial charge in [0.2, 0.25) is 0 Å². The van der Waals surface area contributed by atoms with E-state index in [1.165, 1.54) is 6.42 Å². The van der Waals surface area contributed by atoms with E-state index in [2.05, 4.69) is 12.2 Å². The van der Waals surface area contributed by atoms with Gasteiger partial charge in [0, 0.05) is 0 Å². The number of rotatable bonds is 1. The van der Waals surface area contributed by atoms with E-state index < -0.39 is 0 Å². The van der Waals surface area contributed by atoms with Crippen LogP contribution in [0.25, 0.3) is 0 Å². The summed E-state index contributed by atoms with van der Waals surface area (Å²) in [4.78, 5) is 0. The van der Waals surface area contributed by atoms with Gasteiger partial charge in [-0.2, -0.15) is 0 Å². The van der Waals surface area contributed by atoms with Crippen molar-refractivity contribution in [3.8, 4) is 0 Å². The average molecular weight is 139 g/mol. The van der Waals surface area contributed by atoms with Gasteiger partial charge < -0.3 is 10.5 Å². The number of hydrogen-bond acceptors (Lipinski definition) is 2. The van der Waals surface area contributed by atoms with Gasteiger partial charge in [0.15, 0.2) is 0 Å². The highest BCUT2D eigenvalue weighted by Crippen LogP contribution is 2.31. The lowest BCUT2D eigenvalue weighted by Gasteiger charge is -2.19. The van der Waals surface area contributed by atoms with E-state index in [4.69, 9.17) is 10.5 Å². The fourth-order valence-electron chi connectivity index (χ4n) is 1.81. The van der Waals surface area contributed by atoms with E-state index in [0.29, 0.717) is 17.9 Å². The number of nitrogens with two attached hydrogens (primary N) is 1. The van der Waals surface area contributed by atoms with Gasteiger partial charge in [0.1, 0.15) is 0 Å². The van der Waals surface area contributed by atoms with Gasteiger partial charge in [-0.15, -0.1) is 0 Å². The van der Waals surface area contributed by atoms with Crippen LogP contribution in [-0.2, 0) is 4.74 Å². The van der Waals surface area contributed by atoms with Crippen molar-refractivity contribution in [1.82, 2.24) is 0 Å². The van der Waals surface area contributed by atoms with Crippen LogP contribution in [0.5, 0.6) is 0 Å². The molecule has 1 heterocycles. The van der Waals surface area contributed by atoms with Crippen molar-refractivity contribution in [3.05, 3.63) is 12.2 Å². The molecule has 2 bridgehead atoms. The van der Waals surface area contributed by atoms with Crippen LogP contribution in [-0.4, -0.2) is 19.3 Å². The summed E-state index contributed by atoms with van der Waals surface area (Å²) in [7, 11) is 0. The maximum atomic E-state index is 5.58. The SMILES string of the molecule is NC[C@@H]1C=C[C@H]2C[C@@H]1CO2. The molecule has 2 aliphatic rings. The Hall–Kier alpha value is -0.340. The number of hydrogen-bond donors (Lipinski definition) is 1. The highest BCUT2D eigenvalue weighted by atomic mass is 16.5. The zero-order valence-corrected chi connectivity index (χ0v) is 5.99. The van der Waals surface area contributed by atoms with Gasteiger partial charge >= 0.3 is 0 Å². The summed E-state index contributed by atoms with van der Waals surface area (Å²) in [6, 6.07) is 0. The fourth-order valence-corrected chi connectivity index (χ4v) is 1.81. The second-order valence-electron chi connectivity index (χ2n) is 3.15. The monoisotopic (exact) mass is 139 g/mol. The van der Waals surface area contributed by atoms with Crippen LogP contribution < -0.4 is 5.73 Å². The van der Waals surface area contributed by atoms with Crippen molar-refractivity contribution < 1.29 is 4.74 Å². The summed E-state index contributed by atoms with van der Waals surface area (Å²) in [5.41, 5.74) is 5.58. The molecule has 0 aromatic carbocycles. The minimum absolute atomic E-state index is 0.410. The Morgan fingerprint density at radius 2 is 2.40 bits per heavy atom. The maximum Gasteiger partial charge on any atom is 0.0759 e. The van der Waals surface area contributed by atoms with E-state index in [0.717, 1.165) is 13.2 Å². The maximum absolute atomic E-state index is 5.58. The molecule has 0 radical (unpaired) electrons. The third-order valence-electron chi connectivity index (χ3n) is 2.51.